The van der Waals surface area contributed by atoms with Gasteiger partial charge in [-0.3, -0.25) is 4.79 Å². The molecule has 0 aliphatic rings. The lowest BCUT2D eigenvalue weighted by Crippen LogP contribution is -2.26. The molecule has 7 nitrogen and oxygen atoms in total. The van der Waals surface area contributed by atoms with Crippen molar-refractivity contribution in [2.45, 2.75) is 6.54 Å². The number of thiophene rings is 1. The molecule has 0 spiro atoms. The maximum Gasteiger partial charge on any atom is 0.254 e. The summed E-state index contributed by atoms with van der Waals surface area (Å²) in [5, 5.41) is 5.89. The normalized spacial score (nSPS) is 10.5. The summed E-state index contributed by atoms with van der Waals surface area (Å²) in [4.78, 5) is 19.3. The lowest BCUT2D eigenvalue weighted by molar-refractivity contribution is 0.0769. The van der Waals surface area contributed by atoms with E-state index < -0.39 is 0 Å². The molecule has 3 rings (SSSR count). The molecule has 3 aromatic rings. The van der Waals surface area contributed by atoms with Gasteiger partial charge in [0.15, 0.2) is 11.5 Å². The summed E-state index contributed by atoms with van der Waals surface area (Å²) < 4.78 is 15.7. The van der Waals surface area contributed by atoms with Crippen molar-refractivity contribution in [3.05, 3.63) is 47.2 Å². The molecule has 1 amide bonds. The van der Waals surface area contributed by atoms with Crippen molar-refractivity contribution >= 4 is 17.2 Å². The van der Waals surface area contributed by atoms with E-state index in [-0.39, 0.29) is 12.5 Å². The van der Waals surface area contributed by atoms with Gasteiger partial charge in [0.1, 0.15) is 0 Å². The van der Waals surface area contributed by atoms with Crippen molar-refractivity contribution in [3.8, 4) is 22.2 Å². The first kappa shape index (κ1) is 17.0. The molecule has 2 heterocycles. The Labute approximate surface area is 148 Å². The van der Waals surface area contributed by atoms with Crippen LogP contribution < -0.4 is 9.47 Å². The zero-order valence-electron chi connectivity index (χ0n) is 14.1. The second kappa shape index (κ2) is 7.35. The highest BCUT2D eigenvalue weighted by molar-refractivity contribution is 7.13. The molecule has 0 aliphatic heterocycles. The third-order valence-corrected chi connectivity index (χ3v) is 4.43. The van der Waals surface area contributed by atoms with Crippen LogP contribution in [0.5, 0.6) is 11.5 Å². The van der Waals surface area contributed by atoms with Gasteiger partial charge < -0.3 is 18.9 Å². The highest BCUT2D eigenvalue weighted by atomic mass is 32.1. The van der Waals surface area contributed by atoms with Crippen molar-refractivity contribution in [1.82, 2.24) is 15.0 Å². The molecule has 0 saturated carbocycles. The molecule has 0 radical (unpaired) electrons. The smallest absolute Gasteiger partial charge is 0.254 e. The molecule has 130 valence electrons. The molecule has 0 saturated heterocycles. The lowest BCUT2D eigenvalue weighted by atomic mass is 10.1. The Balaban J connectivity index is 1.73. The van der Waals surface area contributed by atoms with E-state index in [1.807, 2.05) is 17.5 Å². The van der Waals surface area contributed by atoms with Crippen LogP contribution in [-0.4, -0.2) is 42.2 Å². The van der Waals surface area contributed by atoms with Crippen LogP contribution in [-0.2, 0) is 6.54 Å². The number of hydrogen-bond donors (Lipinski definition) is 0. The van der Waals surface area contributed by atoms with E-state index in [0.29, 0.717) is 28.8 Å². The number of benzene rings is 1. The minimum absolute atomic E-state index is 0.183. The van der Waals surface area contributed by atoms with Gasteiger partial charge in [-0.1, -0.05) is 11.2 Å². The molecule has 0 bridgehead atoms. The molecule has 2 aromatic heterocycles. The second-order valence-corrected chi connectivity index (χ2v) is 6.17. The highest BCUT2D eigenvalue weighted by Crippen LogP contribution is 2.28. The van der Waals surface area contributed by atoms with Gasteiger partial charge in [-0.2, -0.15) is 4.98 Å². The van der Waals surface area contributed by atoms with Crippen molar-refractivity contribution in [2.24, 2.45) is 0 Å². The number of nitrogens with zero attached hydrogens (tertiary/aromatic N) is 3. The van der Waals surface area contributed by atoms with Crippen LogP contribution >= 0.6 is 11.3 Å². The van der Waals surface area contributed by atoms with Gasteiger partial charge in [-0.15, -0.1) is 11.3 Å². The molecule has 0 N–H and O–H groups in total. The fourth-order valence-electron chi connectivity index (χ4n) is 2.29. The fourth-order valence-corrected chi connectivity index (χ4v) is 2.94. The standard InChI is InChI=1S/C17H17N3O4S/c1-20(10-15-18-16(19-24-15)14-5-4-8-25-14)17(21)11-6-7-12(22-2)13(9-11)23-3/h4-9H,10H2,1-3H3. The van der Waals surface area contributed by atoms with Crippen LogP contribution in [0.25, 0.3) is 10.7 Å². The largest absolute Gasteiger partial charge is 0.493 e. The van der Waals surface area contributed by atoms with E-state index in [1.54, 1.807) is 32.4 Å². The van der Waals surface area contributed by atoms with Crippen molar-refractivity contribution in [1.29, 1.82) is 0 Å². The third-order valence-electron chi connectivity index (χ3n) is 3.56. The number of hydrogen-bond acceptors (Lipinski definition) is 7. The quantitative estimate of drug-likeness (QED) is 0.673. The molecule has 0 atom stereocenters. The predicted octanol–water partition coefficient (Wildman–Crippen LogP) is 3.09. The zero-order valence-corrected chi connectivity index (χ0v) is 14.9. The first-order valence-corrected chi connectivity index (χ1v) is 8.34. The summed E-state index contributed by atoms with van der Waals surface area (Å²) in [6, 6.07) is 8.86. The van der Waals surface area contributed by atoms with E-state index in [4.69, 9.17) is 14.0 Å². The maximum absolute atomic E-state index is 12.6. The Morgan fingerprint density at radius 3 is 2.72 bits per heavy atom. The molecular formula is C17H17N3O4S. The molecule has 8 heteroatoms. The van der Waals surface area contributed by atoms with Crippen molar-refractivity contribution < 1.29 is 18.8 Å². The number of amides is 1. The van der Waals surface area contributed by atoms with Gasteiger partial charge in [-0.05, 0) is 29.6 Å². The van der Waals surface area contributed by atoms with Crippen molar-refractivity contribution in [2.75, 3.05) is 21.3 Å². The monoisotopic (exact) mass is 359 g/mol. The average Bonchev–Trinajstić information content (AvgIpc) is 3.31. The Morgan fingerprint density at radius 1 is 1.24 bits per heavy atom. The van der Waals surface area contributed by atoms with Gasteiger partial charge in [0, 0.05) is 12.6 Å². The highest BCUT2D eigenvalue weighted by Gasteiger charge is 2.18. The van der Waals surface area contributed by atoms with Gasteiger partial charge >= 0.3 is 0 Å². The van der Waals surface area contributed by atoms with Gasteiger partial charge in [0.2, 0.25) is 11.7 Å². The van der Waals surface area contributed by atoms with E-state index >= 15 is 0 Å². The zero-order chi connectivity index (χ0) is 17.8. The number of ether oxygens (including phenoxy) is 2. The van der Waals surface area contributed by atoms with Crippen LogP contribution in [0.3, 0.4) is 0 Å². The van der Waals surface area contributed by atoms with Crippen molar-refractivity contribution in [3.63, 3.8) is 0 Å². The van der Waals surface area contributed by atoms with E-state index in [9.17, 15) is 4.79 Å². The van der Waals surface area contributed by atoms with Crippen LogP contribution in [0, 0.1) is 0 Å². The van der Waals surface area contributed by atoms with Gasteiger partial charge in [0.05, 0.1) is 25.6 Å². The van der Waals surface area contributed by atoms with Crippen LogP contribution in [0.2, 0.25) is 0 Å². The summed E-state index contributed by atoms with van der Waals surface area (Å²) >= 11 is 1.53. The number of rotatable bonds is 6. The van der Waals surface area contributed by atoms with E-state index in [1.165, 1.54) is 23.3 Å². The summed E-state index contributed by atoms with van der Waals surface area (Å²) in [5.41, 5.74) is 0.484. The molecule has 0 unspecified atom stereocenters. The average molecular weight is 359 g/mol. The van der Waals surface area contributed by atoms with Crippen LogP contribution in [0.4, 0.5) is 0 Å². The molecule has 0 fully saturated rings. The van der Waals surface area contributed by atoms with Crippen LogP contribution in [0.1, 0.15) is 16.2 Å². The van der Waals surface area contributed by atoms with Gasteiger partial charge in [-0.25, -0.2) is 0 Å². The van der Waals surface area contributed by atoms with E-state index in [0.717, 1.165) is 4.88 Å². The summed E-state index contributed by atoms with van der Waals surface area (Å²) in [6.07, 6.45) is 0. The second-order valence-electron chi connectivity index (χ2n) is 5.22. The lowest BCUT2D eigenvalue weighted by Gasteiger charge is -2.16. The Kier molecular flexibility index (Phi) is 4.99. The summed E-state index contributed by atoms with van der Waals surface area (Å²) in [6.45, 7) is 0.214. The minimum atomic E-state index is -0.183. The topological polar surface area (TPSA) is 77.7 Å². The molecule has 25 heavy (non-hydrogen) atoms. The summed E-state index contributed by atoms with van der Waals surface area (Å²) in [5.74, 6) is 1.78. The first-order chi connectivity index (χ1) is 12.1. The van der Waals surface area contributed by atoms with E-state index in [2.05, 4.69) is 10.1 Å². The number of aromatic nitrogens is 2. The SMILES string of the molecule is COc1ccc(C(=O)N(C)Cc2nc(-c3cccs3)no2)cc1OC. The Morgan fingerprint density at radius 2 is 2.04 bits per heavy atom. The summed E-state index contributed by atoms with van der Waals surface area (Å²) in [7, 11) is 4.75. The molecule has 0 aliphatic carbocycles. The fraction of sp³-hybridized carbons (Fsp3) is 0.235. The first-order valence-electron chi connectivity index (χ1n) is 7.46. The Bertz CT molecular complexity index is 861. The predicted molar refractivity (Wildman–Crippen MR) is 93.0 cm³/mol. The number of carbonyl (C=O) groups is 1. The van der Waals surface area contributed by atoms with Crippen LogP contribution in [0.15, 0.2) is 40.2 Å². The molecular weight excluding hydrogens is 342 g/mol. The number of carbonyl (C=O) groups excluding carboxylic acids is 1. The third kappa shape index (κ3) is 3.63. The minimum Gasteiger partial charge on any atom is -0.493 e. The maximum atomic E-state index is 12.6. The Hall–Kier alpha value is -2.87. The number of methoxy groups -OCH3 is 2. The molecule has 1 aromatic carbocycles. The van der Waals surface area contributed by atoms with Gasteiger partial charge in [0.25, 0.3) is 5.91 Å².